The molecule has 0 radical (unpaired) electrons. The van der Waals surface area contributed by atoms with Crippen molar-refractivity contribution in [2.45, 2.75) is 83.7 Å². The van der Waals surface area contributed by atoms with Crippen molar-refractivity contribution in [3.05, 3.63) is 90.1 Å². The standard InChI is InChI=1S/C40H46N4O/c1-39(2,3)27-16-17-41-36(21-27)44-34-11-9-8-10-32(34)33-15-14-30(23-35(33)44)45-31-20-28(40(4,5)6)19-29(22-31)43-24-42(7)37-25-12-13-26(18-25)38(37)43/h8-11,14-17,19-23,25-26,37-38H,12-13,18,24H2,1-7H3/i7D3. The Labute approximate surface area is 272 Å². The molecule has 4 unspecified atom stereocenters. The second-order valence-electron chi connectivity index (χ2n) is 15.6. The highest BCUT2D eigenvalue weighted by molar-refractivity contribution is 6.09. The molecule has 0 amide bonds. The summed E-state index contributed by atoms with van der Waals surface area (Å²) in [6.07, 6.45) is 5.35. The van der Waals surface area contributed by atoms with E-state index in [2.05, 4.69) is 124 Å². The topological polar surface area (TPSA) is 33.5 Å². The molecule has 3 aliphatic rings. The van der Waals surface area contributed by atoms with Gasteiger partial charge in [0, 0.05) is 51.0 Å². The van der Waals surface area contributed by atoms with E-state index in [0.29, 0.717) is 18.5 Å². The third-order valence-corrected chi connectivity index (χ3v) is 10.7. The number of rotatable bonds is 4. The fraction of sp³-hybridized carbons (Fsp3) is 0.425. The van der Waals surface area contributed by atoms with Crippen molar-refractivity contribution in [2.75, 3.05) is 18.5 Å². The van der Waals surface area contributed by atoms with Crippen molar-refractivity contribution >= 4 is 27.5 Å². The summed E-state index contributed by atoms with van der Waals surface area (Å²) in [6, 6.07) is 25.9. The van der Waals surface area contributed by atoms with E-state index in [-0.39, 0.29) is 22.9 Å². The molecular weight excluding hydrogens is 552 g/mol. The second kappa shape index (κ2) is 10.1. The smallest absolute Gasteiger partial charge is 0.137 e. The van der Waals surface area contributed by atoms with E-state index in [1.165, 1.54) is 22.9 Å². The zero-order valence-electron chi connectivity index (χ0n) is 30.3. The van der Waals surface area contributed by atoms with Gasteiger partial charge in [-0.05, 0) is 102 Å². The van der Waals surface area contributed by atoms with Crippen LogP contribution in [0.2, 0.25) is 0 Å². The van der Waals surface area contributed by atoms with Crippen molar-refractivity contribution < 1.29 is 8.85 Å². The molecule has 2 bridgehead atoms. The largest absolute Gasteiger partial charge is 0.457 e. The van der Waals surface area contributed by atoms with Gasteiger partial charge in [-0.2, -0.15) is 0 Å². The van der Waals surface area contributed by atoms with Gasteiger partial charge in [0.05, 0.1) is 17.7 Å². The van der Waals surface area contributed by atoms with E-state index < -0.39 is 6.98 Å². The first-order valence-corrected chi connectivity index (χ1v) is 16.5. The third kappa shape index (κ3) is 4.74. The predicted octanol–water partition coefficient (Wildman–Crippen LogP) is 9.44. The van der Waals surface area contributed by atoms with E-state index in [9.17, 15) is 0 Å². The van der Waals surface area contributed by atoms with Crippen LogP contribution in [-0.4, -0.2) is 40.2 Å². The summed E-state index contributed by atoms with van der Waals surface area (Å²) in [5.41, 5.74) is 5.46. The second-order valence-corrected chi connectivity index (χ2v) is 15.6. The highest BCUT2D eigenvalue weighted by Crippen LogP contribution is 2.52. The molecule has 4 atom stereocenters. The van der Waals surface area contributed by atoms with Crippen LogP contribution in [0.15, 0.2) is 79.0 Å². The lowest BCUT2D eigenvalue weighted by molar-refractivity contribution is 0.227. The van der Waals surface area contributed by atoms with Crippen LogP contribution in [0.3, 0.4) is 0 Å². The lowest BCUT2D eigenvalue weighted by atomic mass is 9.86. The van der Waals surface area contributed by atoms with Crippen molar-refractivity contribution in [1.82, 2.24) is 14.5 Å². The number of fused-ring (bicyclic) bond motifs is 8. The van der Waals surface area contributed by atoms with Crippen LogP contribution in [0.1, 0.15) is 76.0 Å². The lowest BCUT2D eigenvalue weighted by Crippen LogP contribution is -2.41. The number of pyridine rings is 1. The van der Waals surface area contributed by atoms with E-state index in [1.54, 1.807) is 4.90 Å². The zero-order chi connectivity index (χ0) is 33.7. The Bertz CT molecular complexity index is 2030. The van der Waals surface area contributed by atoms with Crippen LogP contribution >= 0.6 is 0 Å². The fourth-order valence-corrected chi connectivity index (χ4v) is 8.36. The first kappa shape index (κ1) is 25.4. The lowest BCUT2D eigenvalue weighted by Gasteiger charge is -2.33. The van der Waals surface area contributed by atoms with Gasteiger partial charge in [-0.25, -0.2) is 4.98 Å². The first-order valence-electron chi connectivity index (χ1n) is 18.0. The summed E-state index contributed by atoms with van der Waals surface area (Å²) >= 11 is 0. The van der Waals surface area contributed by atoms with Crippen LogP contribution in [0.5, 0.6) is 11.5 Å². The summed E-state index contributed by atoms with van der Waals surface area (Å²) in [5.74, 6) is 3.39. The van der Waals surface area contributed by atoms with Crippen LogP contribution in [0.4, 0.5) is 5.69 Å². The predicted molar refractivity (Wildman–Crippen MR) is 186 cm³/mol. The summed E-state index contributed by atoms with van der Waals surface area (Å²) in [5, 5.41) is 2.32. The number of aromatic nitrogens is 2. The van der Waals surface area contributed by atoms with Gasteiger partial charge < -0.3 is 9.64 Å². The summed E-state index contributed by atoms with van der Waals surface area (Å²) in [7, 11) is 0. The molecule has 3 heterocycles. The minimum Gasteiger partial charge on any atom is -0.457 e. The Morgan fingerprint density at radius 1 is 0.756 bits per heavy atom. The van der Waals surface area contributed by atoms with Gasteiger partial charge in [-0.15, -0.1) is 0 Å². The third-order valence-electron chi connectivity index (χ3n) is 10.7. The minimum atomic E-state index is -2.11. The Hall–Kier alpha value is -3.83. The maximum Gasteiger partial charge on any atom is 0.137 e. The number of para-hydroxylation sites is 1. The molecule has 0 spiro atoms. The van der Waals surface area contributed by atoms with E-state index >= 15 is 0 Å². The number of ether oxygens (including phenoxy) is 1. The molecule has 2 saturated carbocycles. The van der Waals surface area contributed by atoms with Gasteiger partial charge in [0.25, 0.3) is 0 Å². The highest BCUT2D eigenvalue weighted by Gasteiger charge is 2.55. The van der Waals surface area contributed by atoms with E-state index in [4.69, 9.17) is 13.8 Å². The molecule has 8 rings (SSSR count). The monoisotopic (exact) mass is 601 g/mol. The molecule has 0 N–H and O–H groups in total. The molecule has 5 aromatic rings. The van der Waals surface area contributed by atoms with Gasteiger partial charge in [0.1, 0.15) is 17.3 Å². The molecule has 1 saturated heterocycles. The maximum atomic E-state index is 8.37. The van der Waals surface area contributed by atoms with Crippen molar-refractivity contribution in [3.63, 3.8) is 0 Å². The molecule has 232 valence electrons. The zero-order valence-corrected chi connectivity index (χ0v) is 27.3. The molecule has 5 nitrogen and oxygen atoms in total. The minimum absolute atomic E-state index is 0.00553. The molecular formula is C40H46N4O. The Kier molecular flexibility index (Phi) is 5.69. The quantitative estimate of drug-likeness (QED) is 0.205. The summed E-state index contributed by atoms with van der Waals surface area (Å²) in [4.78, 5) is 9.01. The Morgan fingerprint density at radius 3 is 2.29 bits per heavy atom. The molecule has 2 aromatic heterocycles. The van der Waals surface area contributed by atoms with Crippen molar-refractivity contribution in [1.29, 1.82) is 0 Å². The van der Waals surface area contributed by atoms with Gasteiger partial charge >= 0.3 is 0 Å². The number of likely N-dealkylation sites (N-methyl/N-ethyl adjacent to an activating group) is 1. The first-order chi connectivity index (χ1) is 22.7. The number of hydrogen-bond acceptors (Lipinski definition) is 4. The summed E-state index contributed by atoms with van der Waals surface area (Å²) < 4.78 is 34.1. The number of nitrogens with zero attached hydrogens (tertiary/aromatic N) is 4. The van der Waals surface area contributed by atoms with Crippen LogP contribution in [-0.2, 0) is 10.8 Å². The average Bonchev–Trinajstić information content (AvgIpc) is 3.80. The van der Waals surface area contributed by atoms with Crippen molar-refractivity contribution in [3.8, 4) is 17.3 Å². The number of anilines is 1. The number of benzene rings is 3. The Balaban J connectivity index is 1.22. The molecule has 3 aromatic carbocycles. The van der Waals surface area contributed by atoms with Gasteiger partial charge in [0.2, 0.25) is 0 Å². The van der Waals surface area contributed by atoms with Crippen molar-refractivity contribution in [2.24, 2.45) is 11.8 Å². The maximum absolute atomic E-state index is 8.37. The molecule has 1 aliphatic heterocycles. The molecule has 3 fully saturated rings. The molecule has 2 aliphatic carbocycles. The van der Waals surface area contributed by atoms with Crippen LogP contribution in [0, 0.1) is 11.8 Å². The van der Waals surface area contributed by atoms with E-state index in [1.807, 2.05) is 6.20 Å². The van der Waals surface area contributed by atoms with Gasteiger partial charge in [-0.1, -0.05) is 59.7 Å². The van der Waals surface area contributed by atoms with Crippen LogP contribution < -0.4 is 9.64 Å². The SMILES string of the molecule is [2H]C([2H])([2H])N1CN(c2cc(Oc3ccc4c5ccccc5n(-c5cc(C(C)(C)C)ccn5)c4c3)cc(C(C)(C)C)c2)C2C3CCC(C3)C21. The average molecular weight is 602 g/mol. The fourth-order valence-electron chi connectivity index (χ4n) is 8.36. The van der Waals surface area contributed by atoms with Gasteiger partial charge in [0.15, 0.2) is 0 Å². The summed E-state index contributed by atoms with van der Waals surface area (Å²) in [6.45, 7) is 11.6. The van der Waals surface area contributed by atoms with Crippen LogP contribution in [0.25, 0.3) is 27.6 Å². The number of hydrogen-bond donors (Lipinski definition) is 0. The van der Waals surface area contributed by atoms with Gasteiger partial charge in [-0.3, -0.25) is 9.47 Å². The highest BCUT2D eigenvalue weighted by atomic mass is 16.5. The van der Waals surface area contributed by atoms with E-state index in [0.717, 1.165) is 52.3 Å². The molecule has 45 heavy (non-hydrogen) atoms. The Morgan fingerprint density at radius 2 is 1.51 bits per heavy atom. The normalized spacial score (nSPS) is 24.7. The molecule has 5 heteroatoms.